The molecule has 0 fully saturated rings. The summed E-state index contributed by atoms with van der Waals surface area (Å²) in [5, 5.41) is 0. The molecule has 0 aliphatic carbocycles. The van der Waals surface area contributed by atoms with Crippen LogP contribution in [0.15, 0.2) is 91.1 Å². The number of hydrogen-bond donors (Lipinski definition) is 0. The Balaban J connectivity index is 1.70. The van der Waals surface area contributed by atoms with Crippen molar-refractivity contribution in [3.63, 3.8) is 0 Å². The maximum absolute atomic E-state index is 5.45. The number of aryl methyl sites for hydroxylation is 1. The van der Waals surface area contributed by atoms with Crippen LogP contribution in [0.4, 0.5) is 0 Å². The SMILES string of the molecule is COc1cccc(-c2nc3ncc(-c4ccccc4)cc3n2Cc2ccc(C)cc2)c1. The zero-order chi connectivity index (χ0) is 21.2. The van der Waals surface area contributed by atoms with Crippen molar-refractivity contribution in [1.82, 2.24) is 14.5 Å². The zero-order valence-corrected chi connectivity index (χ0v) is 17.6. The van der Waals surface area contributed by atoms with Crippen LogP contribution < -0.4 is 4.74 Å². The summed E-state index contributed by atoms with van der Waals surface area (Å²) in [6.45, 7) is 2.82. The average molecular weight is 406 g/mol. The quantitative estimate of drug-likeness (QED) is 0.353. The van der Waals surface area contributed by atoms with Gasteiger partial charge in [-0.05, 0) is 36.2 Å². The van der Waals surface area contributed by atoms with Crippen LogP contribution in [-0.4, -0.2) is 21.6 Å². The molecule has 3 aromatic carbocycles. The number of ether oxygens (including phenoxy) is 1. The molecule has 0 amide bonds. The standard InChI is InChI=1S/C27H23N3O/c1-19-11-13-20(14-12-19)18-30-25-16-23(21-7-4-3-5-8-21)17-28-26(25)29-27(30)22-9-6-10-24(15-22)31-2/h3-17H,18H2,1-2H3. The zero-order valence-electron chi connectivity index (χ0n) is 17.6. The summed E-state index contributed by atoms with van der Waals surface area (Å²) in [7, 11) is 1.68. The lowest BCUT2D eigenvalue weighted by molar-refractivity contribution is 0.415. The second kappa shape index (κ2) is 8.07. The van der Waals surface area contributed by atoms with Crippen molar-refractivity contribution in [3.8, 4) is 28.3 Å². The van der Waals surface area contributed by atoms with Gasteiger partial charge in [0, 0.05) is 23.9 Å². The highest BCUT2D eigenvalue weighted by atomic mass is 16.5. The van der Waals surface area contributed by atoms with Crippen LogP contribution >= 0.6 is 0 Å². The van der Waals surface area contributed by atoms with Crippen LogP contribution in [-0.2, 0) is 6.54 Å². The van der Waals surface area contributed by atoms with Crippen molar-refractivity contribution < 1.29 is 4.74 Å². The Labute approximate surface area is 181 Å². The van der Waals surface area contributed by atoms with E-state index in [1.54, 1.807) is 7.11 Å². The van der Waals surface area contributed by atoms with Gasteiger partial charge in [-0.15, -0.1) is 0 Å². The van der Waals surface area contributed by atoms with Gasteiger partial charge in [0.25, 0.3) is 0 Å². The number of methoxy groups -OCH3 is 1. The number of aromatic nitrogens is 3. The highest BCUT2D eigenvalue weighted by molar-refractivity contribution is 5.82. The topological polar surface area (TPSA) is 39.9 Å². The average Bonchev–Trinajstić information content (AvgIpc) is 3.18. The van der Waals surface area contributed by atoms with Gasteiger partial charge in [0.1, 0.15) is 11.6 Å². The van der Waals surface area contributed by atoms with Gasteiger partial charge >= 0.3 is 0 Å². The fourth-order valence-corrected chi connectivity index (χ4v) is 3.81. The minimum absolute atomic E-state index is 0.712. The first-order chi connectivity index (χ1) is 15.2. The number of rotatable bonds is 5. The van der Waals surface area contributed by atoms with Gasteiger partial charge in [-0.2, -0.15) is 0 Å². The van der Waals surface area contributed by atoms with Gasteiger partial charge in [-0.3, -0.25) is 0 Å². The maximum Gasteiger partial charge on any atom is 0.178 e. The maximum atomic E-state index is 5.45. The fraction of sp³-hybridized carbons (Fsp3) is 0.111. The van der Waals surface area contributed by atoms with E-state index in [0.717, 1.165) is 39.4 Å². The molecule has 0 aliphatic rings. The Morgan fingerprint density at radius 1 is 0.806 bits per heavy atom. The third-order valence-electron chi connectivity index (χ3n) is 5.50. The Morgan fingerprint density at radius 2 is 1.58 bits per heavy atom. The lowest BCUT2D eigenvalue weighted by atomic mass is 10.1. The molecule has 5 rings (SSSR count). The summed E-state index contributed by atoms with van der Waals surface area (Å²) in [5.41, 5.74) is 7.45. The molecule has 2 aromatic heterocycles. The predicted molar refractivity (Wildman–Crippen MR) is 125 cm³/mol. The summed E-state index contributed by atoms with van der Waals surface area (Å²) in [5.74, 6) is 1.69. The Kier molecular flexibility index (Phi) is 4.97. The van der Waals surface area contributed by atoms with Gasteiger partial charge in [0.2, 0.25) is 0 Å². The molecule has 0 spiro atoms. The van der Waals surface area contributed by atoms with E-state index < -0.39 is 0 Å². The molecule has 0 radical (unpaired) electrons. The molecule has 0 atom stereocenters. The number of benzene rings is 3. The highest BCUT2D eigenvalue weighted by Crippen LogP contribution is 2.30. The summed E-state index contributed by atoms with van der Waals surface area (Å²) in [6.07, 6.45) is 1.90. The molecule has 0 N–H and O–H groups in total. The van der Waals surface area contributed by atoms with E-state index in [-0.39, 0.29) is 0 Å². The molecule has 5 aromatic rings. The van der Waals surface area contributed by atoms with Crippen LogP contribution in [0.3, 0.4) is 0 Å². The van der Waals surface area contributed by atoms with E-state index in [0.29, 0.717) is 6.54 Å². The predicted octanol–water partition coefficient (Wildman–Crippen LogP) is 6.13. The van der Waals surface area contributed by atoms with Crippen LogP contribution in [0.2, 0.25) is 0 Å². The Hall–Kier alpha value is -3.92. The van der Waals surface area contributed by atoms with Gasteiger partial charge in [0.05, 0.1) is 12.6 Å². The van der Waals surface area contributed by atoms with Crippen molar-refractivity contribution in [3.05, 3.63) is 102 Å². The van der Waals surface area contributed by atoms with Crippen LogP contribution in [0.25, 0.3) is 33.7 Å². The first-order valence-electron chi connectivity index (χ1n) is 10.3. The molecule has 2 heterocycles. The van der Waals surface area contributed by atoms with Gasteiger partial charge < -0.3 is 9.30 Å². The van der Waals surface area contributed by atoms with Crippen LogP contribution in [0.5, 0.6) is 5.75 Å². The number of pyridine rings is 1. The molecule has 4 nitrogen and oxygen atoms in total. The molecule has 0 saturated heterocycles. The Bertz CT molecular complexity index is 1340. The largest absolute Gasteiger partial charge is 0.497 e. The number of nitrogens with zero attached hydrogens (tertiary/aromatic N) is 3. The number of fused-ring (bicyclic) bond motifs is 1. The molecule has 0 saturated carbocycles. The Morgan fingerprint density at radius 3 is 2.35 bits per heavy atom. The molecule has 0 aliphatic heterocycles. The number of hydrogen-bond acceptors (Lipinski definition) is 3. The molecule has 31 heavy (non-hydrogen) atoms. The second-order valence-corrected chi connectivity index (χ2v) is 7.67. The fourth-order valence-electron chi connectivity index (χ4n) is 3.81. The van der Waals surface area contributed by atoms with E-state index in [9.17, 15) is 0 Å². The first-order valence-corrected chi connectivity index (χ1v) is 10.3. The van der Waals surface area contributed by atoms with E-state index >= 15 is 0 Å². The van der Waals surface area contributed by atoms with Crippen molar-refractivity contribution in [2.75, 3.05) is 7.11 Å². The van der Waals surface area contributed by atoms with E-state index in [2.05, 4.69) is 60.0 Å². The smallest absolute Gasteiger partial charge is 0.178 e. The van der Waals surface area contributed by atoms with Crippen molar-refractivity contribution in [2.45, 2.75) is 13.5 Å². The highest BCUT2D eigenvalue weighted by Gasteiger charge is 2.16. The molecule has 0 unspecified atom stereocenters. The third kappa shape index (κ3) is 3.80. The van der Waals surface area contributed by atoms with Gasteiger partial charge in [-0.25, -0.2) is 9.97 Å². The molecule has 152 valence electrons. The lowest BCUT2D eigenvalue weighted by Gasteiger charge is -2.11. The van der Waals surface area contributed by atoms with E-state index in [1.165, 1.54) is 11.1 Å². The summed E-state index contributed by atoms with van der Waals surface area (Å²) in [4.78, 5) is 9.60. The van der Waals surface area contributed by atoms with E-state index in [4.69, 9.17) is 14.7 Å². The van der Waals surface area contributed by atoms with Gasteiger partial charge in [-0.1, -0.05) is 72.3 Å². The summed E-state index contributed by atoms with van der Waals surface area (Å²) < 4.78 is 7.69. The van der Waals surface area contributed by atoms with Gasteiger partial charge in [0.15, 0.2) is 5.65 Å². The van der Waals surface area contributed by atoms with Crippen molar-refractivity contribution >= 4 is 11.2 Å². The molecular formula is C27H23N3O. The summed E-state index contributed by atoms with van der Waals surface area (Å²) >= 11 is 0. The molecule has 0 bridgehead atoms. The van der Waals surface area contributed by atoms with Crippen LogP contribution in [0.1, 0.15) is 11.1 Å². The third-order valence-corrected chi connectivity index (χ3v) is 5.50. The van der Waals surface area contributed by atoms with Crippen molar-refractivity contribution in [1.29, 1.82) is 0 Å². The number of imidazole rings is 1. The second-order valence-electron chi connectivity index (χ2n) is 7.67. The minimum atomic E-state index is 0.712. The first kappa shape index (κ1) is 19.1. The van der Waals surface area contributed by atoms with Crippen LogP contribution in [0, 0.1) is 6.92 Å². The lowest BCUT2D eigenvalue weighted by Crippen LogP contribution is -2.02. The van der Waals surface area contributed by atoms with Crippen molar-refractivity contribution in [2.24, 2.45) is 0 Å². The molecular weight excluding hydrogens is 382 g/mol. The summed E-state index contributed by atoms with van der Waals surface area (Å²) in [6, 6.07) is 29.2. The monoisotopic (exact) mass is 405 g/mol. The van der Waals surface area contributed by atoms with E-state index in [1.807, 2.05) is 42.6 Å². The minimum Gasteiger partial charge on any atom is -0.497 e. The normalized spacial score (nSPS) is 11.0. The molecule has 4 heteroatoms.